The number of nitrogens with one attached hydrogen (secondary N) is 1. The number of likely N-dealkylation sites (N-methyl/N-ethyl adjacent to an activating group) is 1. The molecule has 1 atom stereocenters. The van der Waals surface area contributed by atoms with E-state index in [9.17, 15) is 4.79 Å². The maximum absolute atomic E-state index is 12.4. The van der Waals surface area contributed by atoms with Gasteiger partial charge in [-0.15, -0.1) is 0 Å². The van der Waals surface area contributed by atoms with E-state index in [0.29, 0.717) is 0 Å². The highest BCUT2D eigenvalue weighted by molar-refractivity contribution is 8.00. The Kier molecular flexibility index (Phi) is 5.05. The SMILES string of the molecule is C[C@@H](Sc1ccccn1)C(=O)NC1(CN(C)C)CCC1. The third kappa shape index (κ3) is 3.96. The first kappa shape index (κ1) is 15.3. The van der Waals surface area contributed by atoms with Gasteiger partial charge in [0.25, 0.3) is 0 Å². The van der Waals surface area contributed by atoms with E-state index >= 15 is 0 Å². The molecule has 0 aromatic carbocycles. The van der Waals surface area contributed by atoms with Gasteiger partial charge in [-0.25, -0.2) is 4.98 Å². The first-order valence-corrected chi connectivity index (χ1v) is 7.93. The highest BCUT2D eigenvalue weighted by atomic mass is 32.2. The van der Waals surface area contributed by atoms with Crippen LogP contribution in [0.5, 0.6) is 0 Å². The number of rotatable bonds is 6. The second-order valence-electron chi connectivity index (χ2n) is 5.79. The fourth-order valence-corrected chi connectivity index (χ4v) is 3.35. The zero-order valence-corrected chi connectivity index (χ0v) is 13.2. The lowest BCUT2D eigenvalue weighted by atomic mass is 9.76. The number of amides is 1. The summed E-state index contributed by atoms with van der Waals surface area (Å²) in [5.74, 6) is 0.113. The van der Waals surface area contributed by atoms with Gasteiger partial charge in [0.1, 0.15) is 0 Å². The summed E-state index contributed by atoms with van der Waals surface area (Å²) in [5, 5.41) is 4.03. The number of carbonyl (C=O) groups is 1. The van der Waals surface area contributed by atoms with Crippen LogP contribution in [-0.2, 0) is 4.79 Å². The van der Waals surface area contributed by atoms with Crippen LogP contribution < -0.4 is 5.32 Å². The normalized spacial score (nSPS) is 18.4. The number of hydrogen-bond donors (Lipinski definition) is 1. The molecule has 110 valence electrons. The van der Waals surface area contributed by atoms with Gasteiger partial charge in [-0.05, 0) is 52.4 Å². The van der Waals surface area contributed by atoms with E-state index in [1.165, 1.54) is 18.2 Å². The number of carbonyl (C=O) groups excluding carboxylic acids is 1. The van der Waals surface area contributed by atoms with Gasteiger partial charge < -0.3 is 10.2 Å². The zero-order chi connectivity index (χ0) is 14.6. The van der Waals surface area contributed by atoms with E-state index in [2.05, 4.69) is 29.3 Å². The van der Waals surface area contributed by atoms with Crippen LogP contribution in [0.3, 0.4) is 0 Å². The van der Waals surface area contributed by atoms with Crippen molar-refractivity contribution in [2.24, 2.45) is 0 Å². The summed E-state index contributed by atoms with van der Waals surface area (Å²) in [6.07, 6.45) is 5.12. The lowest BCUT2D eigenvalue weighted by Gasteiger charge is -2.44. The largest absolute Gasteiger partial charge is 0.348 e. The van der Waals surface area contributed by atoms with E-state index in [4.69, 9.17) is 0 Å². The molecule has 1 aromatic rings. The molecule has 2 rings (SSSR count). The minimum Gasteiger partial charge on any atom is -0.348 e. The van der Waals surface area contributed by atoms with Crippen LogP contribution in [0.4, 0.5) is 0 Å². The number of pyridine rings is 1. The molecular formula is C15H23N3OS. The summed E-state index contributed by atoms with van der Waals surface area (Å²) in [7, 11) is 4.11. The van der Waals surface area contributed by atoms with E-state index in [1.807, 2.05) is 25.1 Å². The highest BCUT2D eigenvalue weighted by Gasteiger charge is 2.39. The maximum Gasteiger partial charge on any atom is 0.233 e. The van der Waals surface area contributed by atoms with Gasteiger partial charge >= 0.3 is 0 Å². The third-order valence-electron chi connectivity index (χ3n) is 3.62. The van der Waals surface area contributed by atoms with Gasteiger partial charge in [0.2, 0.25) is 5.91 Å². The molecule has 1 aliphatic carbocycles. The standard InChI is InChI=1S/C15H23N3OS/c1-12(20-13-7-4-5-10-16-13)14(19)17-15(8-6-9-15)11-18(2)3/h4-5,7,10,12H,6,8-9,11H2,1-3H3,(H,17,19)/t12-/m1/s1. The lowest BCUT2D eigenvalue weighted by Crippen LogP contribution is -2.60. The Morgan fingerprint density at radius 2 is 2.25 bits per heavy atom. The van der Waals surface area contributed by atoms with Crippen molar-refractivity contribution in [3.05, 3.63) is 24.4 Å². The number of aromatic nitrogens is 1. The summed E-state index contributed by atoms with van der Waals surface area (Å²) >= 11 is 1.51. The van der Waals surface area contributed by atoms with Crippen molar-refractivity contribution in [3.63, 3.8) is 0 Å². The van der Waals surface area contributed by atoms with Crippen LogP contribution >= 0.6 is 11.8 Å². The van der Waals surface area contributed by atoms with E-state index < -0.39 is 0 Å². The zero-order valence-electron chi connectivity index (χ0n) is 12.4. The molecule has 20 heavy (non-hydrogen) atoms. The molecule has 1 amide bonds. The van der Waals surface area contributed by atoms with E-state index in [-0.39, 0.29) is 16.7 Å². The molecule has 0 unspecified atom stereocenters. The Morgan fingerprint density at radius 1 is 1.50 bits per heavy atom. The third-order valence-corrected chi connectivity index (χ3v) is 4.67. The minimum absolute atomic E-state index is 0.0144. The van der Waals surface area contributed by atoms with Crippen molar-refractivity contribution in [2.45, 2.75) is 42.0 Å². The summed E-state index contributed by atoms with van der Waals surface area (Å²) in [5.41, 5.74) is -0.0144. The number of hydrogen-bond acceptors (Lipinski definition) is 4. The van der Waals surface area contributed by atoms with Crippen molar-refractivity contribution in [3.8, 4) is 0 Å². The van der Waals surface area contributed by atoms with Crippen molar-refractivity contribution in [1.29, 1.82) is 0 Å². The first-order valence-electron chi connectivity index (χ1n) is 7.05. The number of thioether (sulfide) groups is 1. The van der Waals surface area contributed by atoms with Crippen molar-refractivity contribution >= 4 is 17.7 Å². The van der Waals surface area contributed by atoms with Crippen molar-refractivity contribution < 1.29 is 4.79 Å². The van der Waals surface area contributed by atoms with Gasteiger partial charge in [0, 0.05) is 12.7 Å². The van der Waals surface area contributed by atoms with E-state index in [0.717, 1.165) is 24.4 Å². The fourth-order valence-electron chi connectivity index (χ4n) is 2.55. The predicted octanol–water partition coefficient (Wildman–Crippen LogP) is 2.16. The molecule has 4 nitrogen and oxygen atoms in total. The van der Waals surface area contributed by atoms with Gasteiger partial charge in [-0.2, -0.15) is 0 Å². The Morgan fingerprint density at radius 3 is 2.75 bits per heavy atom. The Labute approximate surface area is 125 Å². The molecule has 1 N–H and O–H groups in total. The Hall–Kier alpha value is -1.07. The lowest BCUT2D eigenvalue weighted by molar-refractivity contribution is -0.123. The van der Waals surface area contributed by atoms with Crippen LogP contribution in [0.15, 0.2) is 29.4 Å². The van der Waals surface area contributed by atoms with Crippen LogP contribution in [0.25, 0.3) is 0 Å². The first-order chi connectivity index (χ1) is 9.51. The molecule has 1 heterocycles. The summed E-state index contributed by atoms with van der Waals surface area (Å²) in [4.78, 5) is 18.8. The Balaban J connectivity index is 1.90. The molecule has 1 aromatic heterocycles. The molecule has 0 aliphatic heterocycles. The van der Waals surface area contributed by atoms with Gasteiger partial charge in [0.05, 0.1) is 15.8 Å². The number of nitrogens with zero attached hydrogens (tertiary/aromatic N) is 2. The van der Waals surface area contributed by atoms with Gasteiger partial charge in [-0.3, -0.25) is 4.79 Å². The second kappa shape index (κ2) is 6.59. The molecular weight excluding hydrogens is 270 g/mol. The molecule has 0 radical (unpaired) electrons. The fraction of sp³-hybridized carbons (Fsp3) is 0.600. The molecule has 0 saturated heterocycles. The van der Waals surface area contributed by atoms with Crippen LogP contribution in [0, 0.1) is 0 Å². The van der Waals surface area contributed by atoms with Crippen LogP contribution in [0.2, 0.25) is 0 Å². The van der Waals surface area contributed by atoms with Crippen LogP contribution in [0.1, 0.15) is 26.2 Å². The Bertz CT molecular complexity index is 446. The summed E-state index contributed by atoms with van der Waals surface area (Å²) in [6, 6.07) is 5.77. The van der Waals surface area contributed by atoms with Crippen molar-refractivity contribution in [2.75, 3.05) is 20.6 Å². The topological polar surface area (TPSA) is 45.2 Å². The molecule has 5 heteroatoms. The van der Waals surface area contributed by atoms with Crippen LogP contribution in [-0.4, -0.2) is 47.2 Å². The summed E-state index contributed by atoms with van der Waals surface area (Å²) in [6.45, 7) is 2.86. The maximum atomic E-state index is 12.4. The minimum atomic E-state index is -0.121. The highest BCUT2D eigenvalue weighted by Crippen LogP contribution is 2.33. The average molecular weight is 293 g/mol. The monoisotopic (exact) mass is 293 g/mol. The molecule has 1 fully saturated rings. The quantitative estimate of drug-likeness (QED) is 0.817. The van der Waals surface area contributed by atoms with Crippen molar-refractivity contribution in [1.82, 2.24) is 15.2 Å². The molecule has 0 bridgehead atoms. The second-order valence-corrected chi connectivity index (χ2v) is 7.15. The molecule has 0 spiro atoms. The average Bonchev–Trinajstić information content (AvgIpc) is 2.36. The summed E-state index contributed by atoms with van der Waals surface area (Å²) < 4.78 is 0. The van der Waals surface area contributed by atoms with Gasteiger partial charge in [-0.1, -0.05) is 17.8 Å². The molecule has 1 saturated carbocycles. The van der Waals surface area contributed by atoms with Gasteiger partial charge in [0.15, 0.2) is 0 Å². The smallest absolute Gasteiger partial charge is 0.233 e. The van der Waals surface area contributed by atoms with E-state index in [1.54, 1.807) is 6.20 Å². The molecule has 1 aliphatic rings. The predicted molar refractivity (Wildman–Crippen MR) is 82.8 cm³/mol.